The number of nitrogens with zero attached hydrogens (tertiary/aromatic N) is 4. The molecule has 0 aliphatic heterocycles. The van der Waals surface area contributed by atoms with Crippen molar-refractivity contribution in [2.24, 2.45) is 0 Å². The fraction of sp³-hybridized carbons (Fsp3) is 0.176. The van der Waals surface area contributed by atoms with Gasteiger partial charge in [-0.15, -0.1) is 11.3 Å². The zero-order valence-electron chi connectivity index (χ0n) is 12.8. The summed E-state index contributed by atoms with van der Waals surface area (Å²) in [7, 11) is 2.14. The number of imidazole rings is 1. The summed E-state index contributed by atoms with van der Waals surface area (Å²) in [5.41, 5.74) is 3.27. The summed E-state index contributed by atoms with van der Waals surface area (Å²) >= 11 is 1.80. The molecule has 0 saturated heterocycles. The molecule has 0 aromatic carbocycles. The van der Waals surface area contributed by atoms with E-state index in [0.717, 1.165) is 24.4 Å². The Morgan fingerprint density at radius 1 is 1.17 bits per heavy atom. The summed E-state index contributed by atoms with van der Waals surface area (Å²) in [6.45, 7) is 1.78. The second-order valence-corrected chi connectivity index (χ2v) is 6.76. The van der Waals surface area contributed by atoms with Crippen molar-refractivity contribution in [3.8, 4) is 10.6 Å². The predicted octanol–water partition coefficient (Wildman–Crippen LogP) is 3.42. The van der Waals surface area contributed by atoms with Crippen LogP contribution in [0.2, 0.25) is 0 Å². The molecule has 1 N–H and O–H groups in total. The topological polar surface area (TPSA) is 49.2 Å². The standard InChI is InChI=1S/C17H17N5S/c1-21(11-13-10-18-17-4-2-3-9-22(13)17)12-14-5-6-16(23-14)15-7-8-19-20-15/h2-10H,11-12H2,1H3,(H,19,20). The van der Waals surface area contributed by atoms with Crippen molar-refractivity contribution >= 4 is 17.0 Å². The largest absolute Gasteiger partial charge is 0.303 e. The van der Waals surface area contributed by atoms with Gasteiger partial charge in [0, 0.05) is 30.4 Å². The molecule has 4 heterocycles. The second-order valence-electron chi connectivity index (χ2n) is 5.59. The van der Waals surface area contributed by atoms with E-state index in [-0.39, 0.29) is 0 Å². The summed E-state index contributed by atoms with van der Waals surface area (Å²) in [6, 6.07) is 12.4. The third-order valence-electron chi connectivity index (χ3n) is 3.78. The lowest BCUT2D eigenvalue weighted by Gasteiger charge is -2.15. The first-order valence-corrected chi connectivity index (χ1v) is 8.29. The van der Waals surface area contributed by atoms with Gasteiger partial charge in [-0.2, -0.15) is 5.10 Å². The number of rotatable bonds is 5. The van der Waals surface area contributed by atoms with E-state index in [4.69, 9.17) is 0 Å². The van der Waals surface area contributed by atoms with Crippen LogP contribution in [-0.2, 0) is 13.1 Å². The number of nitrogens with one attached hydrogen (secondary N) is 1. The minimum Gasteiger partial charge on any atom is -0.303 e. The average molecular weight is 323 g/mol. The lowest BCUT2D eigenvalue weighted by atomic mass is 10.3. The van der Waals surface area contributed by atoms with E-state index in [1.54, 1.807) is 17.5 Å². The van der Waals surface area contributed by atoms with Gasteiger partial charge in [0.25, 0.3) is 0 Å². The van der Waals surface area contributed by atoms with Gasteiger partial charge in [-0.05, 0) is 37.4 Å². The number of hydrogen-bond acceptors (Lipinski definition) is 4. The van der Waals surface area contributed by atoms with Crippen molar-refractivity contribution in [2.75, 3.05) is 7.05 Å². The number of hydrogen-bond donors (Lipinski definition) is 1. The van der Waals surface area contributed by atoms with Crippen LogP contribution in [0, 0.1) is 0 Å². The molecule has 0 saturated carbocycles. The van der Waals surface area contributed by atoms with Crippen molar-refractivity contribution in [1.29, 1.82) is 0 Å². The smallest absolute Gasteiger partial charge is 0.136 e. The van der Waals surface area contributed by atoms with Gasteiger partial charge in [-0.25, -0.2) is 4.98 Å². The first kappa shape index (κ1) is 14.2. The zero-order valence-corrected chi connectivity index (χ0v) is 13.6. The first-order valence-electron chi connectivity index (χ1n) is 7.47. The molecule has 6 heteroatoms. The number of fused-ring (bicyclic) bond motifs is 1. The van der Waals surface area contributed by atoms with Gasteiger partial charge in [0.2, 0.25) is 0 Å². The lowest BCUT2D eigenvalue weighted by molar-refractivity contribution is 0.317. The molecule has 4 aromatic rings. The Bertz CT molecular complexity index is 906. The molecule has 0 unspecified atom stereocenters. The van der Waals surface area contributed by atoms with E-state index >= 15 is 0 Å². The van der Waals surface area contributed by atoms with Gasteiger partial charge in [0.1, 0.15) is 5.65 Å². The minimum absolute atomic E-state index is 0.864. The molecule has 0 fully saturated rings. The number of aromatic amines is 1. The van der Waals surface area contributed by atoms with Crippen LogP contribution in [0.15, 0.2) is 55.0 Å². The van der Waals surface area contributed by atoms with Crippen LogP contribution in [-0.4, -0.2) is 31.5 Å². The van der Waals surface area contributed by atoms with E-state index < -0.39 is 0 Å². The Balaban J connectivity index is 1.47. The maximum Gasteiger partial charge on any atom is 0.136 e. The number of pyridine rings is 1. The minimum atomic E-state index is 0.864. The summed E-state index contributed by atoms with van der Waals surface area (Å²) in [5.74, 6) is 0. The molecule has 116 valence electrons. The van der Waals surface area contributed by atoms with Crippen molar-refractivity contribution in [3.05, 3.63) is 65.6 Å². The number of aromatic nitrogens is 4. The van der Waals surface area contributed by atoms with Gasteiger partial charge in [0.15, 0.2) is 0 Å². The lowest BCUT2D eigenvalue weighted by Crippen LogP contribution is -2.17. The van der Waals surface area contributed by atoms with Crippen LogP contribution in [0.3, 0.4) is 0 Å². The van der Waals surface area contributed by atoms with Crippen LogP contribution in [0.1, 0.15) is 10.6 Å². The Hall–Kier alpha value is -2.44. The fourth-order valence-corrected chi connectivity index (χ4v) is 3.76. The summed E-state index contributed by atoms with van der Waals surface area (Å²) in [6.07, 6.45) is 5.80. The van der Waals surface area contributed by atoms with Gasteiger partial charge >= 0.3 is 0 Å². The molecular formula is C17H17N5S. The molecule has 4 rings (SSSR count). The molecule has 0 atom stereocenters. The van der Waals surface area contributed by atoms with Crippen molar-refractivity contribution < 1.29 is 0 Å². The zero-order chi connectivity index (χ0) is 15.6. The van der Waals surface area contributed by atoms with Crippen LogP contribution < -0.4 is 0 Å². The molecule has 0 aliphatic carbocycles. The van der Waals surface area contributed by atoms with E-state index in [9.17, 15) is 0 Å². The van der Waals surface area contributed by atoms with E-state index in [2.05, 4.69) is 49.9 Å². The molecule has 0 bridgehead atoms. The SMILES string of the molecule is CN(Cc1ccc(-c2ccn[nH]2)s1)Cc1cnc2ccccn12. The van der Waals surface area contributed by atoms with E-state index in [1.165, 1.54) is 15.4 Å². The molecule has 4 aromatic heterocycles. The van der Waals surface area contributed by atoms with E-state index in [0.29, 0.717) is 0 Å². The third-order valence-corrected chi connectivity index (χ3v) is 4.88. The predicted molar refractivity (Wildman–Crippen MR) is 92.3 cm³/mol. The summed E-state index contributed by atoms with van der Waals surface area (Å²) < 4.78 is 2.14. The van der Waals surface area contributed by atoms with Crippen LogP contribution in [0.5, 0.6) is 0 Å². The molecule has 0 radical (unpaired) electrons. The highest BCUT2D eigenvalue weighted by molar-refractivity contribution is 7.15. The normalized spacial score (nSPS) is 11.6. The Morgan fingerprint density at radius 2 is 2.13 bits per heavy atom. The Morgan fingerprint density at radius 3 is 3.00 bits per heavy atom. The third kappa shape index (κ3) is 2.91. The molecule has 23 heavy (non-hydrogen) atoms. The maximum atomic E-state index is 4.44. The number of thiophene rings is 1. The average Bonchev–Trinajstić information content (AvgIpc) is 3.27. The fourth-order valence-electron chi connectivity index (χ4n) is 2.70. The van der Waals surface area contributed by atoms with Crippen molar-refractivity contribution in [3.63, 3.8) is 0 Å². The molecule has 0 aliphatic rings. The summed E-state index contributed by atoms with van der Waals surface area (Å²) in [4.78, 5) is 9.31. The van der Waals surface area contributed by atoms with Crippen LogP contribution >= 0.6 is 11.3 Å². The van der Waals surface area contributed by atoms with Crippen molar-refractivity contribution in [1.82, 2.24) is 24.5 Å². The quantitative estimate of drug-likeness (QED) is 0.612. The maximum absolute atomic E-state index is 4.44. The highest BCUT2D eigenvalue weighted by Gasteiger charge is 2.09. The highest BCUT2D eigenvalue weighted by atomic mass is 32.1. The number of H-pyrrole nitrogens is 1. The van der Waals surface area contributed by atoms with Gasteiger partial charge < -0.3 is 4.40 Å². The summed E-state index contributed by atoms with van der Waals surface area (Å²) in [5, 5.41) is 7.02. The van der Waals surface area contributed by atoms with Gasteiger partial charge in [-0.3, -0.25) is 10.00 Å². The van der Waals surface area contributed by atoms with Gasteiger partial charge in [0.05, 0.1) is 22.5 Å². The van der Waals surface area contributed by atoms with E-state index in [1.807, 2.05) is 30.5 Å². The first-order chi connectivity index (χ1) is 11.3. The highest BCUT2D eigenvalue weighted by Crippen LogP contribution is 2.27. The van der Waals surface area contributed by atoms with Gasteiger partial charge in [-0.1, -0.05) is 6.07 Å². The van der Waals surface area contributed by atoms with Crippen molar-refractivity contribution in [2.45, 2.75) is 13.1 Å². The Labute approximate surface area is 138 Å². The molecule has 0 amide bonds. The molecule has 0 spiro atoms. The Kier molecular flexibility index (Phi) is 3.69. The van der Waals surface area contributed by atoms with Crippen LogP contribution in [0.25, 0.3) is 16.2 Å². The second kappa shape index (κ2) is 5.98. The van der Waals surface area contributed by atoms with Crippen LogP contribution in [0.4, 0.5) is 0 Å². The molecule has 5 nitrogen and oxygen atoms in total. The monoisotopic (exact) mass is 323 g/mol. The molecular weight excluding hydrogens is 306 g/mol.